The largest absolute Gasteiger partial charge is 0.492 e. The van der Waals surface area contributed by atoms with E-state index in [1.165, 1.54) is 0 Å². The number of alkyl halides is 1. The first kappa shape index (κ1) is 15.4. The van der Waals surface area contributed by atoms with E-state index in [-0.39, 0.29) is 5.91 Å². The number of ether oxygens (including phenoxy) is 1. The molecular weight excluding hydrogens is 290 g/mol. The second-order valence-corrected chi connectivity index (χ2v) is 4.98. The molecule has 0 N–H and O–H groups in total. The lowest BCUT2D eigenvalue weighted by Crippen LogP contribution is -2.30. The Kier molecular flexibility index (Phi) is 5.28. The number of amides is 1. The van der Waals surface area contributed by atoms with Gasteiger partial charge in [-0.25, -0.2) is 0 Å². The number of halogens is 1. The average molecular weight is 308 g/mol. The van der Waals surface area contributed by atoms with Crippen LogP contribution in [0, 0.1) is 6.92 Å². The van der Waals surface area contributed by atoms with Crippen molar-refractivity contribution in [1.29, 1.82) is 0 Å². The minimum Gasteiger partial charge on any atom is -0.492 e. The van der Waals surface area contributed by atoms with Crippen molar-refractivity contribution < 1.29 is 13.9 Å². The molecule has 2 aromatic rings. The van der Waals surface area contributed by atoms with Gasteiger partial charge in [-0.2, -0.15) is 0 Å². The molecule has 0 bridgehead atoms. The molecule has 0 aliphatic rings. The lowest BCUT2D eigenvalue weighted by Gasteiger charge is -2.16. The number of hydrogen-bond donors (Lipinski definition) is 0. The van der Waals surface area contributed by atoms with Crippen LogP contribution in [0.3, 0.4) is 0 Å². The van der Waals surface area contributed by atoms with Crippen LogP contribution in [0.5, 0.6) is 5.75 Å². The van der Waals surface area contributed by atoms with Crippen molar-refractivity contribution in [2.24, 2.45) is 0 Å². The third-order valence-corrected chi connectivity index (χ3v) is 3.45. The number of aryl methyl sites for hydroxylation is 1. The van der Waals surface area contributed by atoms with Crippen molar-refractivity contribution in [3.05, 3.63) is 53.5 Å². The van der Waals surface area contributed by atoms with Gasteiger partial charge in [-0.15, -0.1) is 11.6 Å². The summed E-state index contributed by atoms with van der Waals surface area (Å²) in [7, 11) is 1.72. The zero-order chi connectivity index (χ0) is 15.2. The van der Waals surface area contributed by atoms with Crippen molar-refractivity contribution in [2.45, 2.75) is 12.8 Å². The molecule has 0 atom stereocenters. The van der Waals surface area contributed by atoms with Gasteiger partial charge in [0.15, 0.2) is 5.76 Å². The molecule has 0 saturated heterocycles. The van der Waals surface area contributed by atoms with Gasteiger partial charge < -0.3 is 14.1 Å². The standard InChI is InChI=1S/C16H18ClNO3/c1-12-13(11-17)10-15(21-12)16(19)18(2)8-9-20-14-6-4-3-5-7-14/h3-7,10H,8-9,11H2,1-2H3. The number of likely N-dealkylation sites (N-methyl/N-ethyl adjacent to an activating group) is 1. The van der Waals surface area contributed by atoms with E-state index in [9.17, 15) is 4.79 Å². The topological polar surface area (TPSA) is 42.7 Å². The number of hydrogen-bond acceptors (Lipinski definition) is 3. The van der Waals surface area contributed by atoms with Gasteiger partial charge in [-0.3, -0.25) is 4.79 Å². The molecule has 0 fully saturated rings. The minimum atomic E-state index is -0.175. The third-order valence-electron chi connectivity index (χ3n) is 3.16. The summed E-state index contributed by atoms with van der Waals surface area (Å²) in [5.74, 6) is 1.94. The SMILES string of the molecule is Cc1oc(C(=O)N(C)CCOc2ccccc2)cc1CCl. The Labute approximate surface area is 129 Å². The lowest BCUT2D eigenvalue weighted by atomic mass is 10.2. The molecular formula is C16H18ClNO3. The lowest BCUT2D eigenvalue weighted by molar-refractivity contribution is 0.0741. The number of carbonyl (C=O) groups excluding carboxylic acids is 1. The van der Waals surface area contributed by atoms with E-state index in [2.05, 4.69) is 0 Å². The molecule has 4 nitrogen and oxygen atoms in total. The van der Waals surface area contributed by atoms with Gasteiger partial charge in [-0.1, -0.05) is 18.2 Å². The van der Waals surface area contributed by atoms with E-state index >= 15 is 0 Å². The van der Waals surface area contributed by atoms with E-state index in [0.29, 0.717) is 30.6 Å². The van der Waals surface area contributed by atoms with Crippen LogP contribution < -0.4 is 4.74 Å². The summed E-state index contributed by atoms with van der Waals surface area (Å²) in [5.41, 5.74) is 0.842. The molecule has 1 aromatic carbocycles. The number of carbonyl (C=O) groups is 1. The Morgan fingerprint density at radius 1 is 1.33 bits per heavy atom. The Morgan fingerprint density at radius 2 is 2.05 bits per heavy atom. The van der Waals surface area contributed by atoms with Crippen LogP contribution in [0.2, 0.25) is 0 Å². The summed E-state index contributed by atoms with van der Waals surface area (Å²) in [6.07, 6.45) is 0. The van der Waals surface area contributed by atoms with Crippen molar-refractivity contribution in [1.82, 2.24) is 4.90 Å². The van der Waals surface area contributed by atoms with Gasteiger partial charge in [0.2, 0.25) is 0 Å². The van der Waals surface area contributed by atoms with Crippen LogP contribution in [-0.2, 0) is 5.88 Å². The minimum absolute atomic E-state index is 0.175. The van der Waals surface area contributed by atoms with Crippen molar-refractivity contribution >= 4 is 17.5 Å². The van der Waals surface area contributed by atoms with Crippen LogP contribution in [0.15, 0.2) is 40.8 Å². The Balaban J connectivity index is 1.87. The second kappa shape index (κ2) is 7.18. The van der Waals surface area contributed by atoms with Gasteiger partial charge >= 0.3 is 0 Å². The smallest absolute Gasteiger partial charge is 0.289 e. The number of para-hydroxylation sites is 1. The van der Waals surface area contributed by atoms with E-state index in [1.807, 2.05) is 30.3 Å². The maximum absolute atomic E-state index is 12.2. The highest BCUT2D eigenvalue weighted by Crippen LogP contribution is 2.17. The Bertz CT molecular complexity index is 595. The highest BCUT2D eigenvalue weighted by molar-refractivity contribution is 6.17. The fourth-order valence-electron chi connectivity index (χ4n) is 1.86. The maximum Gasteiger partial charge on any atom is 0.289 e. The molecule has 0 aliphatic heterocycles. The number of furan rings is 1. The molecule has 21 heavy (non-hydrogen) atoms. The second-order valence-electron chi connectivity index (χ2n) is 4.71. The van der Waals surface area contributed by atoms with Crippen LogP contribution in [-0.4, -0.2) is 31.0 Å². The summed E-state index contributed by atoms with van der Waals surface area (Å²) in [6, 6.07) is 11.2. The van der Waals surface area contributed by atoms with E-state index < -0.39 is 0 Å². The number of nitrogens with zero attached hydrogens (tertiary/aromatic N) is 1. The predicted octanol–water partition coefficient (Wildman–Crippen LogP) is 3.48. The molecule has 0 aliphatic carbocycles. The quantitative estimate of drug-likeness (QED) is 0.767. The third kappa shape index (κ3) is 4.02. The van der Waals surface area contributed by atoms with E-state index in [1.54, 1.807) is 24.9 Å². The highest BCUT2D eigenvalue weighted by Gasteiger charge is 2.17. The summed E-state index contributed by atoms with van der Waals surface area (Å²) in [4.78, 5) is 13.8. The molecule has 112 valence electrons. The number of rotatable bonds is 6. The first-order valence-electron chi connectivity index (χ1n) is 6.70. The van der Waals surface area contributed by atoms with Gasteiger partial charge in [-0.05, 0) is 25.1 Å². The highest BCUT2D eigenvalue weighted by atomic mass is 35.5. The molecule has 1 heterocycles. The zero-order valence-electron chi connectivity index (χ0n) is 12.1. The first-order valence-corrected chi connectivity index (χ1v) is 7.24. The molecule has 1 aromatic heterocycles. The zero-order valence-corrected chi connectivity index (χ0v) is 12.9. The van der Waals surface area contributed by atoms with Crippen LogP contribution >= 0.6 is 11.6 Å². The van der Waals surface area contributed by atoms with Crippen molar-refractivity contribution in [2.75, 3.05) is 20.2 Å². The van der Waals surface area contributed by atoms with Gasteiger partial charge in [0, 0.05) is 12.6 Å². The predicted molar refractivity (Wildman–Crippen MR) is 81.9 cm³/mol. The normalized spacial score (nSPS) is 10.4. The molecule has 5 heteroatoms. The van der Waals surface area contributed by atoms with Crippen LogP contribution in [0.25, 0.3) is 0 Å². The fraction of sp³-hybridized carbons (Fsp3) is 0.312. The van der Waals surface area contributed by atoms with Crippen molar-refractivity contribution in [3.8, 4) is 5.75 Å². The monoisotopic (exact) mass is 307 g/mol. The summed E-state index contributed by atoms with van der Waals surface area (Å²) < 4.78 is 11.0. The van der Waals surface area contributed by atoms with Gasteiger partial charge in [0.1, 0.15) is 18.1 Å². The molecule has 2 rings (SSSR count). The summed E-state index contributed by atoms with van der Waals surface area (Å²) >= 11 is 5.78. The van der Waals surface area contributed by atoms with Crippen LogP contribution in [0.4, 0.5) is 0 Å². The summed E-state index contributed by atoms with van der Waals surface area (Å²) in [6.45, 7) is 2.70. The average Bonchev–Trinajstić information content (AvgIpc) is 2.88. The summed E-state index contributed by atoms with van der Waals surface area (Å²) in [5, 5.41) is 0. The van der Waals surface area contributed by atoms with Gasteiger partial charge in [0.05, 0.1) is 12.4 Å². The number of benzene rings is 1. The molecule has 0 saturated carbocycles. The van der Waals surface area contributed by atoms with Crippen LogP contribution in [0.1, 0.15) is 21.9 Å². The fourth-order valence-corrected chi connectivity index (χ4v) is 2.13. The maximum atomic E-state index is 12.2. The first-order chi connectivity index (χ1) is 10.1. The van der Waals surface area contributed by atoms with E-state index in [0.717, 1.165) is 11.3 Å². The Hall–Kier alpha value is -1.94. The molecule has 0 unspecified atom stereocenters. The van der Waals surface area contributed by atoms with Gasteiger partial charge in [0.25, 0.3) is 5.91 Å². The molecule has 0 radical (unpaired) electrons. The Morgan fingerprint density at radius 3 is 2.67 bits per heavy atom. The molecule has 0 spiro atoms. The van der Waals surface area contributed by atoms with E-state index in [4.69, 9.17) is 20.8 Å². The molecule has 1 amide bonds. The van der Waals surface area contributed by atoms with Crippen molar-refractivity contribution in [3.63, 3.8) is 0 Å².